The van der Waals surface area contributed by atoms with Gasteiger partial charge < -0.3 is 4.90 Å². The largest absolute Gasteiger partial charge is 0.310 e. The topological polar surface area (TPSA) is 3.24 Å². The lowest BCUT2D eigenvalue weighted by atomic mass is 9.67. The molecule has 0 aromatic heterocycles. The number of benzene rings is 13. The predicted octanol–water partition coefficient (Wildman–Crippen LogP) is 20.2. The molecule has 0 bridgehead atoms. The molecule has 0 atom stereocenters. The number of rotatable bonds is 10. The molecule has 1 heteroatoms. The van der Waals surface area contributed by atoms with Crippen molar-refractivity contribution in [1.82, 2.24) is 0 Å². The van der Waals surface area contributed by atoms with Gasteiger partial charge in [-0.3, -0.25) is 0 Å². The van der Waals surface area contributed by atoms with E-state index in [1.54, 1.807) is 0 Å². The molecule has 76 heavy (non-hydrogen) atoms. The summed E-state index contributed by atoms with van der Waals surface area (Å²) in [4.78, 5) is 2.50. The fourth-order valence-corrected chi connectivity index (χ4v) is 12.1. The lowest BCUT2D eigenvalue weighted by Gasteiger charge is -2.35. The molecular formula is C75H51N. The van der Waals surface area contributed by atoms with Crippen LogP contribution in [-0.4, -0.2) is 0 Å². The van der Waals surface area contributed by atoms with Crippen LogP contribution in [0.4, 0.5) is 17.1 Å². The van der Waals surface area contributed by atoms with Gasteiger partial charge in [-0.15, -0.1) is 0 Å². The number of fused-ring (bicyclic) bond motifs is 6. The van der Waals surface area contributed by atoms with Gasteiger partial charge in [-0.25, -0.2) is 0 Å². The molecule has 0 saturated carbocycles. The molecule has 0 unspecified atom stereocenters. The van der Waals surface area contributed by atoms with Gasteiger partial charge in [0.1, 0.15) is 0 Å². The molecule has 13 aromatic carbocycles. The third kappa shape index (κ3) is 7.72. The van der Waals surface area contributed by atoms with Crippen LogP contribution in [0, 0.1) is 0 Å². The molecule has 1 nitrogen and oxygen atoms in total. The van der Waals surface area contributed by atoms with Gasteiger partial charge in [0, 0.05) is 16.9 Å². The lowest BCUT2D eigenvalue weighted by molar-refractivity contribution is 0.768. The Morgan fingerprint density at radius 3 is 1.12 bits per heavy atom. The zero-order chi connectivity index (χ0) is 50.4. The Hall–Kier alpha value is -9.82. The van der Waals surface area contributed by atoms with Gasteiger partial charge >= 0.3 is 0 Å². The maximum Gasteiger partial charge on any atom is 0.0714 e. The molecule has 0 aliphatic heterocycles. The van der Waals surface area contributed by atoms with Gasteiger partial charge in [-0.1, -0.05) is 267 Å². The van der Waals surface area contributed by atoms with Crippen LogP contribution >= 0.6 is 0 Å². The molecular weight excluding hydrogens is 915 g/mol. The average molecular weight is 966 g/mol. The molecule has 0 fully saturated rings. The Balaban J connectivity index is 1.00. The summed E-state index contributed by atoms with van der Waals surface area (Å²) in [6.45, 7) is 0. The normalized spacial score (nSPS) is 12.3. The molecule has 13 aromatic rings. The van der Waals surface area contributed by atoms with E-state index < -0.39 is 5.41 Å². The van der Waals surface area contributed by atoms with E-state index in [-0.39, 0.29) is 0 Å². The Morgan fingerprint density at radius 1 is 0.224 bits per heavy atom. The fraction of sp³-hybridized carbons (Fsp3) is 0.0133. The molecule has 0 heterocycles. The smallest absolute Gasteiger partial charge is 0.0714 e. The van der Waals surface area contributed by atoms with E-state index in [1.165, 1.54) is 88.3 Å². The maximum atomic E-state index is 2.53. The summed E-state index contributed by atoms with van der Waals surface area (Å²) < 4.78 is 0. The van der Waals surface area contributed by atoms with E-state index >= 15 is 0 Å². The molecule has 1 aliphatic carbocycles. The molecule has 0 radical (unpaired) electrons. The summed E-state index contributed by atoms with van der Waals surface area (Å²) in [7, 11) is 0. The van der Waals surface area contributed by atoms with Crippen molar-refractivity contribution >= 4 is 38.6 Å². The van der Waals surface area contributed by atoms with E-state index in [0.29, 0.717) is 0 Å². The van der Waals surface area contributed by atoms with Crippen molar-refractivity contribution in [2.75, 3.05) is 4.90 Å². The third-order valence-electron chi connectivity index (χ3n) is 15.8. The molecule has 14 rings (SSSR count). The van der Waals surface area contributed by atoms with E-state index in [2.05, 4.69) is 314 Å². The molecule has 0 N–H and O–H groups in total. The summed E-state index contributed by atoms with van der Waals surface area (Å²) in [5, 5.41) is 4.94. The Bertz CT molecular complexity index is 4040. The number of nitrogens with zero attached hydrogens (tertiary/aromatic N) is 1. The van der Waals surface area contributed by atoms with Gasteiger partial charge in [0.15, 0.2) is 0 Å². The second kappa shape index (κ2) is 18.9. The maximum absolute atomic E-state index is 2.53. The summed E-state index contributed by atoms with van der Waals surface area (Å²) >= 11 is 0. The van der Waals surface area contributed by atoms with E-state index in [9.17, 15) is 0 Å². The van der Waals surface area contributed by atoms with Gasteiger partial charge in [-0.2, -0.15) is 0 Å². The first-order valence-electron chi connectivity index (χ1n) is 26.3. The van der Waals surface area contributed by atoms with Crippen molar-refractivity contribution in [2.24, 2.45) is 0 Å². The van der Waals surface area contributed by atoms with Crippen LogP contribution in [0.15, 0.2) is 309 Å². The van der Waals surface area contributed by atoms with Crippen molar-refractivity contribution in [1.29, 1.82) is 0 Å². The monoisotopic (exact) mass is 965 g/mol. The van der Waals surface area contributed by atoms with Gasteiger partial charge in [0.25, 0.3) is 0 Å². The van der Waals surface area contributed by atoms with Crippen LogP contribution in [0.3, 0.4) is 0 Å². The highest BCUT2D eigenvalue weighted by molar-refractivity contribution is 6.09. The Kier molecular flexibility index (Phi) is 11.2. The van der Waals surface area contributed by atoms with Crippen LogP contribution in [0.5, 0.6) is 0 Å². The van der Waals surface area contributed by atoms with Crippen LogP contribution < -0.4 is 4.90 Å². The molecule has 356 valence electrons. The third-order valence-corrected chi connectivity index (χ3v) is 15.8. The number of anilines is 3. The molecule has 0 amide bonds. The fourth-order valence-electron chi connectivity index (χ4n) is 12.1. The van der Waals surface area contributed by atoms with E-state index in [0.717, 1.165) is 39.3 Å². The van der Waals surface area contributed by atoms with Crippen molar-refractivity contribution < 1.29 is 0 Å². The number of hydrogen-bond acceptors (Lipinski definition) is 1. The quantitative estimate of drug-likeness (QED) is 0.123. The second-order valence-electron chi connectivity index (χ2n) is 20.0. The van der Waals surface area contributed by atoms with Crippen molar-refractivity contribution in [3.8, 4) is 66.8 Å². The summed E-state index contributed by atoms with van der Waals surface area (Å²) in [6, 6.07) is 114. The zero-order valence-electron chi connectivity index (χ0n) is 41.9. The van der Waals surface area contributed by atoms with Gasteiger partial charge in [0.2, 0.25) is 0 Å². The SMILES string of the molecule is c1ccc(-c2ccc(-c3ccc(N(c4ccc(-c5ccc(-c6ccccc6)cc5)cc4)c4cc5c(cc4-c4ccc6ccc7ccccc7c6c4)-c4ccccc4C5(c4ccccc4)c4ccccc4)cc3)cc2)cc1. The summed E-state index contributed by atoms with van der Waals surface area (Å²) in [5.41, 5.74) is 22.0. The van der Waals surface area contributed by atoms with Crippen LogP contribution in [0.1, 0.15) is 22.3 Å². The van der Waals surface area contributed by atoms with Crippen LogP contribution in [0.2, 0.25) is 0 Å². The predicted molar refractivity (Wildman–Crippen MR) is 321 cm³/mol. The first-order valence-corrected chi connectivity index (χ1v) is 26.3. The van der Waals surface area contributed by atoms with Gasteiger partial charge in [0.05, 0.1) is 11.1 Å². The zero-order valence-corrected chi connectivity index (χ0v) is 41.9. The van der Waals surface area contributed by atoms with Crippen molar-refractivity contribution in [3.05, 3.63) is 332 Å². The van der Waals surface area contributed by atoms with Crippen molar-refractivity contribution in [2.45, 2.75) is 5.41 Å². The molecule has 1 aliphatic rings. The standard InChI is InChI=1S/C75H51N/c1-5-17-52(18-6-1)54-29-33-56(34-30-54)58-41-45-65(46-42-58)76(66-47-43-59(44-48-66)57-35-31-55(32-36-57)53-19-7-2-8-20-53)74-51-73-71(50-70(74)62-40-39-61-38-37-60-21-13-14-26-67(60)69(61)49-62)68-27-15-16-28-72(68)75(73,63-22-9-3-10-23-63)64-24-11-4-12-25-64/h1-51H. The minimum atomic E-state index is -0.599. The number of hydrogen-bond donors (Lipinski definition) is 0. The molecule has 0 saturated heterocycles. The van der Waals surface area contributed by atoms with Crippen LogP contribution in [0.25, 0.3) is 88.3 Å². The summed E-state index contributed by atoms with van der Waals surface area (Å²) in [6.07, 6.45) is 0. The highest BCUT2D eigenvalue weighted by Crippen LogP contribution is 2.59. The van der Waals surface area contributed by atoms with E-state index in [1.807, 2.05) is 0 Å². The van der Waals surface area contributed by atoms with Crippen LogP contribution in [-0.2, 0) is 5.41 Å². The van der Waals surface area contributed by atoms with Gasteiger partial charge in [-0.05, 0) is 147 Å². The summed E-state index contributed by atoms with van der Waals surface area (Å²) in [5.74, 6) is 0. The van der Waals surface area contributed by atoms with Crippen molar-refractivity contribution in [3.63, 3.8) is 0 Å². The minimum absolute atomic E-state index is 0.599. The van der Waals surface area contributed by atoms with E-state index in [4.69, 9.17) is 0 Å². The Morgan fingerprint density at radius 2 is 0.605 bits per heavy atom. The average Bonchev–Trinajstić information content (AvgIpc) is 3.84. The highest BCUT2D eigenvalue weighted by Gasteiger charge is 2.47. The molecule has 0 spiro atoms. The Labute approximate surface area is 444 Å². The highest BCUT2D eigenvalue weighted by atomic mass is 15.1. The first kappa shape index (κ1) is 44.8. The minimum Gasteiger partial charge on any atom is -0.310 e. The first-order chi connectivity index (χ1) is 37.7. The second-order valence-corrected chi connectivity index (χ2v) is 20.0. The lowest BCUT2D eigenvalue weighted by Crippen LogP contribution is -2.28.